The zero-order chi connectivity index (χ0) is 7.40. The van der Waals surface area contributed by atoms with E-state index in [9.17, 15) is 0 Å². The molecular formula is C8H16Si2. The molecule has 0 aromatic heterocycles. The maximum absolute atomic E-state index is 2.42. The second-order valence-electron chi connectivity index (χ2n) is 2.91. The van der Waals surface area contributed by atoms with Gasteiger partial charge in [0.05, 0.1) is 0 Å². The van der Waals surface area contributed by atoms with Gasteiger partial charge in [0.1, 0.15) is 0 Å². The number of rotatable bonds is 2. The highest BCUT2D eigenvalue weighted by Gasteiger charge is 2.05. The molecule has 0 bridgehead atoms. The van der Waals surface area contributed by atoms with Gasteiger partial charge in [-0.25, -0.2) is 0 Å². The third kappa shape index (κ3) is 1.95. The molecule has 1 aliphatic carbocycles. The SMILES string of the molecule is C[SiH2]C1C=CC([SiH2]C)C=C1. The van der Waals surface area contributed by atoms with Crippen molar-refractivity contribution in [1.29, 1.82) is 0 Å². The Morgan fingerprint density at radius 3 is 1.30 bits per heavy atom. The van der Waals surface area contributed by atoms with Crippen LogP contribution in [-0.2, 0) is 0 Å². The number of hydrogen-bond donors (Lipinski definition) is 0. The molecule has 0 saturated heterocycles. The molecule has 2 heteroatoms. The molecule has 0 amide bonds. The molecule has 0 aliphatic heterocycles. The van der Waals surface area contributed by atoms with Crippen molar-refractivity contribution in [3.8, 4) is 0 Å². The first-order valence-corrected chi connectivity index (χ1v) is 8.69. The molecule has 1 rings (SSSR count). The van der Waals surface area contributed by atoms with E-state index in [1.165, 1.54) is 0 Å². The minimum atomic E-state index is 0.180. The Balaban J connectivity index is 2.45. The largest absolute Gasteiger partial charge is 0.0848 e. The molecule has 0 radical (unpaired) electrons. The van der Waals surface area contributed by atoms with E-state index in [1.807, 2.05) is 0 Å². The van der Waals surface area contributed by atoms with E-state index in [0.717, 1.165) is 11.1 Å². The third-order valence-corrected chi connectivity index (χ3v) is 5.13. The van der Waals surface area contributed by atoms with Crippen LogP contribution < -0.4 is 0 Å². The van der Waals surface area contributed by atoms with Crippen LogP contribution in [0.4, 0.5) is 0 Å². The minimum absolute atomic E-state index is 0.180. The van der Waals surface area contributed by atoms with Crippen molar-refractivity contribution in [2.24, 2.45) is 0 Å². The normalized spacial score (nSPS) is 33.4. The maximum atomic E-state index is 2.42. The van der Waals surface area contributed by atoms with Crippen molar-refractivity contribution < 1.29 is 0 Å². The summed E-state index contributed by atoms with van der Waals surface area (Å²) in [5, 5.41) is 0. The van der Waals surface area contributed by atoms with E-state index >= 15 is 0 Å². The van der Waals surface area contributed by atoms with Gasteiger partial charge in [0, 0.05) is 19.0 Å². The van der Waals surface area contributed by atoms with Crippen molar-refractivity contribution in [2.45, 2.75) is 24.2 Å². The van der Waals surface area contributed by atoms with E-state index in [2.05, 4.69) is 37.4 Å². The summed E-state index contributed by atoms with van der Waals surface area (Å²) in [6.07, 6.45) is 9.70. The molecule has 0 atom stereocenters. The first kappa shape index (κ1) is 8.01. The highest BCUT2D eigenvalue weighted by Crippen LogP contribution is 2.20. The van der Waals surface area contributed by atoms with Gasteiger partial charge < -0.3 is 0 Å². The molecule has 0 unspecified atom stereocenters. The Morgan fingerprint density at radius 1 is 0.800 bits per heavy atom. The highest BCUT2D eigenvalue weighted by molar-refractivity contribution is 6.39. The van der Waals surface area contributed by atoms with Crippen molar-refractivity contribution in [2.75, 3.05) is 0 Å². The van der Waals surface area contributed by atoms with Crippen LogP contribution >= 0.6 is 0 Å². The van der Waals surface area contributed by atoms with Crippen LogP contribution in [-0.4, -0.2) is 19.0 Å². The van der Waals surface area contributed by atoms with Crippen LogP contribution in [0.25, 0.3) is 0 Å². The molecule has 0 N–H and O–H groups in total. The molecule has 0 aromatic rings. The van der Waals surface area contributed by atoms with Gasteiger partial charge in [-0.1, -0.05) is 37.4 Å². The van der Waals surface area contributed by atoms with E-state index < -0.39 is 0 Å². The molecule has 0 heterocycles. The fraction of sp³-hybridized carbons (Fsp3) is 0.500. The summed E-state index contributed by atoms with van der Waals surface area (Å²) in [4.78, 5) is 0. The van der Waals surface area contributed by atoms with E-state index in [1.54, 1.807) is 0 Å². The lowest BCUT2D eigenvalue weighted by Crippen LogP contribution is -2.01. The van der Waals surface area contributed by atoms with Crippen molar-refractivity contribution in [3.05, 3.63) is 24.3 Å². The number of allylic oxidation sites excluding steroid dienone is 4. The van der Waals surface area contributed by atoms with Crippen LogP contribution in [0.5, 0.6) is 0 Å². The van der Waals surface area contributed by atoms with Gasteiger partial charge in [-0.2, -0.15) is 0 Å². The number of hydrogen-bond acceptors (Lipinski definition) is 0. The molecule has 56 valence electrons. The summed E-state index contributed by atoms with van der Waals surface area (Å²) in [7, 11) is 0.359. The Kier molecular flexibility index (Phi) is 3.15. The zero-order valence-electron chi connectivity index (χ0n) is 6.88. The van der Waals surface area contributed by atoms with Crippen molar-refractivity contribution >= 4 is 19.0 Å². The van der Waals surface area contributed by atoms with Gasteiger partial charge >= 0.3 is 0 Å². The van der Waals surface area contributed by atoms with Crippen LogP contribution in [0, 0.1) is 0 Å². The molecule has 0 nitrogen and oxygen atoms in total. The van der Waals surface area contributed by atoms with E-state index in [4.69, 9.17) is 0 Å². The Bertz CT molecular complexity index is 119. The Labute approximate surface area is 68.1 Å². The lowest BCUT2D eigenvalue weighted by molar-refractivity contribution is 1.20. The van der Waals surface area contributed by atoms with Gasteiger partial charge in [0.15, 0.2) is 0 Å². The summed E-state index contributed by atoms with van der Waals surface area (Å²) in [5.74, 6) is 0. The maximum Gasteiger partial charge on any atom is 0.0296 e. The summed E-state index contributed by atoms with van der Waals surface area (Å²) in [6.45, 7) is 4.76. The second kappa shape index (κ2) is 3.93. The first-order chi connectivity index (χ1) is 4.86. The zero-order valence-corrected chi connectivity index (χ0v) is 9.71. The average Bonchev–Trinajstić information content (AvgIpc) is 2.05. The monoisotopic (exact) mass is 168 g/mol. The average molecular weight is 168 g/mol. The van der Waals surface area contributed by atoms with Gasteiger partial charge in [-0.3, -0.25) is 0 Å². The van der Waals surface area contributed by atoms with Gasteiger partial charge in [-0.15, -0.1) is 0 Å². The second-order valence-corrected chi connectivity index (χ2v) is 6.43. The fourth-order valence-electron chi connectivity index (χ4n) is 1.24. The first-order valence-electron chi connectivity index (χ1n) is 4.23. The predicted molar refractivity (Wildman–Crippen MR) is 54.6 cm³/mol. The van der Waals surface area contributed by atoms with Crippen LogP contribution in [0.3, 0.4) is 0 Å². The van der Waals surface area contributed by atoms with Crippen molar-refractivity contribution in [3.63, 3.8) is 0 Å². The smallest absolute Gasteiger partial charge is 0.0296 e. The Morgan fingerprint density at radius 2 is 1.10 bits per heavy atom. The van der Waals surface area contributed by atoms with Gasteiger partial charge in [0.2, 0.25) is 0 Å². The van der Waals surface area contributed by atoms with E-state index in [-0.39, 0.29) is 19.0 Å². The van der Waals surface area contributed by atoms with Crippen LogP contribution in [0.2, 0.25) is 24.2 Å². The van der Waals surface area contributed by atoms with E-state index in [0.29, 0.717) is 0 Å². The highest BCUT2D eigenvalue weighted by atomic mass is 28.2. The van der Waals surface area contributed by atoms with Gasteiger partial charge in [-0.05, 0) is 11.1 Å². The minimum Gasteiger partial charge on any atom is -0.0848 e. The van der Waals surface area contributed by atoms with Crippen LogP contribution in [0.1, 0.15) is 0 Å². The lowest BCUT2D eigenvalue weighted by Gasteiger charge is -2.12. The topological polar surface area (TPSA) is 0 Å². The quantitative estimate of drug-likeness (QED) is 0.428. The molecular weight excluding hydrogens is 152 g/mol. The fourth-order valence-corrected chi connectivity index (χ4v) is 2.96. The summed E-state index contributed by atoms with van der Waals surface area (Å²) in [6, 6.07) is 0. The molecule has 0 aromatic carbocycles. The molecule has 0 saturated carbocycles. The molecule has 0 spiro atoms. The molecule has 0 fully saturated rings. The third-order valence-electron chi connectivity index (χ3n) is 2.15. The summed E-state index contributed by atoms with van der Waals surface area (Å²) in [5.41, 5.74) is 1.74. The standard InChI is InChI=1S/C8H16Si2/c1-9-7-3-5-8(10-2)6-4-7/h3-8H,9-10H2,1-2H3. The Hall–Kier alpha value is -0.0862. The predicted octanol–water partition coefficient (Wildman–Crippen LogP) is 1.12. The molecule has 1 aliphatic rings. The van der Waals surface area contributed by atoms with Crippen molar-refractivity contribution in [1.82, 2.24) is 0 Å². The van der Waals surface area contributed by atoms with Crippen LogP contribution in [0.15, 0.2) is 24.3 Å². The lowest BCUT2D eigenvalue weighted by atomic mass is 10.2. The summed E-state index contributed by atoms with van der Waals surface area (Å²) >= 11 is 0. The summed E-state index contributed by atoms with van der Waals surface area (Å²) < 4.78 is 0. The van der Waals surface area contributed by atoms with Gasteiger partial charge in [0.25, 0.3) is 0 Å². The molecule has 10 heavy (non-hydrogen) atoms.